The van der Waals surface area contributed by atoms with Crippen molar-refractivity contribution in [2.45, 2.75) is 6.92 Å². The lowest BCUT2D eigenvalue weighted by Gasteiger charge is -2.32. The Balaban J connectivity index is 1.56. The summed E-state index contributed by atoms with van der Waals surface area (Å²) in [6.07, 6.45) is 0. The van der Waals surface area contributed by atoms with E-state index in [4.69, 9.17) is 4.42 Å². The Morgan fingerprint density at radius 1 is 1.07 bits per heavy atom. The molecule has 1 aliphatic rings. The van der Waals surface area contributed by atoms with E-state index >= 15 is 0 Å². The van der Waals surface area contributed by atoms with Crippen LogP contribution >= 0.6 is 0 Å². The number of carbonyl (C=O) groups is 1. The number of piperazine rings is 1. The molecule has 0 spiro atoms. The average molecular weight is 377 g/mol. The first-order valence-corrected chi connectivity index (χ1v) is 9.61. The van der Waals surface area contributed by atoms with Crippen LogP contribution in [0.4, 0.5) is 11.4 Å². The van der Waals surface area contributed by atoms with Crippen molar-refractivity contribution in [2.24, 2.45) is 0 Å². The molecule has 1 aromatic heterocycles. The zero-order valence-corrected chi connectivity index (χ0v) is 16.2. The topological polar surface area (TPSA) is 62.8 Å². The van der Waals surface area contributed by atoms with Crippen LogP contribution in [0.1, 0.15) is 16.2 Å². The van der Waals surface area contributed by atoms with E-state index in [1.807, 2.05) is 48.5 Å². The molecule has 6 nitrogen and oxygen atoms in total. The third-order valence-electron chi connectivity index (χ3n) is 5.14. The zero-order chi connectivity index (χ0) is 19.5. The number of aryl methyl sites for hydroxylation is 1. The molecule has 2 N–H and O–H groups in total. The molecule has 4 rings (SSSR count). The fraction of sp³-hybridized carbons (Fsp3) is 0.273. The van der Waals surface area contributed by atoms with Crippen molar-refractivity contribution in [2.75, 3.05) is 43.4 Å². The predicted molar refractivity (Wildman–Crippen MR) is 110 cm³/mol. The number of oxazole rings is 1. The van der Waals surface area contributed by atoms with Crippen molar-refractivity contribution in [1.82, 2.24) is 4.98 Å². The number of hydrogen-bond acceptors (Lipinski definition) is 4. The van der Waals surface area contributed by atoms with Gasteiger partial charge in [0.25, 0.3) is 5.91 Å². The molecule has 2 heterocycles. The van der Waals surface area contributed by atoms with Crippen LogP contribution in [0.5, 0.6) is 0 Å². The van der Waals surface area contributed by atoms with Crippen LogP contribution in [-0.4, -0.2) is 44.1 Å². The third-order valence-corrected chi connectivity index (χ3v) is 5.14. The van der Waals surface area contributed by atoms with Gasteiger partial charge in [-0.05, 0) is 31.2 Å². The van der Waals surface area contributed by atoms with Gasteiger partial charge in [0, 0.05) is 5.56 Å². The lowest BCUT2D eigenvalue weighted by Crippen LogP contribution is -3.12. The fourth-order valence-corrected chi connectivity index (χ4v) is 3.48. The van der Waals surface area contributed by atoms with Crippen molar-refractivity contribution >= 4 is 17.3 Å². The second-order valence-electron chi connectivity index (χ2n) is 7.21. The minimum atomic E-state index is -0.254. The quantitative estimate of drug-likeness (QED) is 0.732. The van der Waals surface area contributed by atoms with E-state index in [1.165, 1.54) is 4.90 Å². The van der Waals surface area contributed by atoms with E-state index in [0.717, 1.165) is 43.1 Å². The smallest absolute Gasteiger partial charge is 0.277 e. The number of nitrogens with one attached hydrogen (secondary N) is 2. The Morgan fingerprint density at radius 3 is 2.50 bits per heavy atom. The third kappa shape index (κ3) is 3.77. The molecule has 3 aromatic rings. The maximum Gasteiger partial charge on any atom is 0.277 e. The summed E-state index contributed by atoms with van der Waals surface area (Å²) in [5.41, 5.74) is 3.02. The Kier molecular flexibility index (Phi) is 5.12. The van der Waals surface area contributed by atoms with Gasteiger partial charge >= 0.3 is 0 Å². The summed E-state index contributed by atoms with van der Waals surface area (Å²) in [5.74, 6) is 0.714. The predicted octanol–water partition coefficient (Wildman–Crippen LogP) is 2.24. The summed E-state index contributed by atoms with van der Waals surface area (Å²) in [6, 6.07) is 17.5. The molecule has 0 unspecified atom stereocenters. The number of para-hydroxylation sites is 2. The van der Waals surface area contributed by atoms with Crippen molar-refractivity contribution in [3.63, 3.8) is 0 Å². The molecule has 144 valence electrons. The molecule has 0 aliphatic carbocycles. The summed E-state index contributed by atoms with van der Waals surface area (Å²) in [5, 5.41) is 3.03. The monoisotopic (exact) mass is 377 g/mol. The molecule has 0 radical (unpaired) electrons. The first-order chi connectivity index (χ1) is 13.6. The lowest BCUT2D eigenvalue weighted by molar-refractivity contribution is -0.880. The largest absolute Gasteiger partial charge is 0.441 e. The van der Waals surface area contributed by atoms with Gasteiger partial charge in [0.1, 0.15) is 5.76 Å². The number of anilines is 2. The molecule has 6 heteroatoms. The van der Waals surface area contributed by atoms with Gasteiger partial charge in [-0.1, -0.05) is 30.3 Å². The normalized spacial score (nSPS) is 14.9. The highest BCUT2D eigenvalue weighted by Crippen LogP contribution is 2.27. The molecule has 1 amide bonds. The molecule has 0 saturated carbocycles. The van der Waals surface area contributed by atoms with Gasteiger partial charge in [-0.2, -0.15) is 0 Å². The van der Waals surface area contributed by atoms with Crippen molar-refractivity contribution in [3.8, 4) is 11.5 Å². The van der Waals surface area contributed by atoms with Crippen LogP contribution in [0.15, 0.2) is 59.0 Å². The van der Waals surface area contributed by atoms with Gasteiger partial charge in [-0.25, -0.2) is 4.98 Å². The van der Waals surface area contributed by atoms with E-state index in [2.05, 4.69) is 28.3 Å². The van der Waals surface area contributed by atoms with Crippen LogP contribution in [-0.2, 0) is 0 Å². The Morgan fingerprint density at radius 2 is 1.75 bits per heavy atom. The minimum absolute atomic E-state index is 0.254. The highest BCUT2D eigenvalue weighted by Gasteiger charge is 2.22. The molecule has 1 fully saturated rings. The molecular formula is C22H25N4O2+. The first-order valence-electron chi connectivity index (χ1n) is 9.61. The zero-order valence-electron chi connectivity index (χ0n) is 16.2. The molecule has 1 aliphatic heterocycles. The van der Waals surface area contributed by atoms with E-state index < -0.39 is 0 Å². The van der Waals surface area contributed by atoms with Gasteiger partial charge in [-0.15, -0.1) is 0 Å². The second kappa shape index (κ2) is 7.86. The van der Waals surface area contributed by atoms with E-state index in [1.54, 1.807) is 6.92 Å². The van der Waals surface area contributed by atoms with Crippen molar-refractivity contribution in [3.05, 3.63) is 66.1 Å². The molecule has 2 aromatic carbocycles. The molecule has 0 atom stereocenters. The van der Waals surface area contributed by atoms with Crippen LogP contribution in [0, 0.1) is 6.92 Å². The van der Waals surface area contributed by atoms with E-state index in [-0.39, 0.29) is 5.91 Å². The van der Waals surface area contributed by atoms with Crippen molar-refractivity contribution < 1.29 is 14.1 Å². The number of nitrogens with zero attached hydrogens (tertiary/aromatic N) is 2. The Bertz CT molecular complexity index is 960. The molecule has 0 bridgehead atoms. The van der Waals surface area contributed by atoms with Gasteiger partial charge < -0.3 is 19.5 Å². The minimum Gasteiger partial charge on any atom is -0.441 e. The summed E-state index contributed by atoms with van der Waals surface area (Å²) in [7, 11) is 2.21. The number of aromatic nitrogens is 1. The van der Waals surface area contributed by atoms with Gasteiger partial charge in [-0.3, -0.25) is 4.79 Å². The Hall–Kier alpha value is -3.12. The van der Waals surface area contributed by atoms with Crippen LogP contribution in [0.3, 0.4) is 0 Å². The van der Waals surface area contributed by atoms with E-state index in [9.17, 15) is 4.79 Å². The van der Waals surface area contributed by atoms with Crippen LogP contribution in [0.25, 0.3) is 11.5 Å². The maximum absolute atomic E-state index is 12.9. The summed E-state index contributed by atoms with van der Waals surface area (Å²) in [6.45, 7) is 5.89. The molecule has 28 heavy (non-hydrogen) atoms. The summed E-state index contributed by atoms with van der Waals surface area (Å²) >= 11 is 0. The fourth-order valence-electron chi connectivity index (χ4n) is 3.48. The first kappa shape index (κ1) is 18.3. The number of benzene rings is 2. The van der Waals surface area contributed by atoms with Gasteiger partial charge in [0.05, 0.1) is 44.6 Å². The van der Waals surface area contributed by atoms with Crippen LogP contribution in [0.2, 0.25) is 0 Å². The highest BCUT2D eigenvalue weighted by atomic mass is 16.4. The molecular weight excluding hydrogens is 352 g/mol. The Labute approximate surface area is 164 Å². The number of likely N-dealkylation sites (N-methyl/N-ethyl adjacent to an activating group) is 1. The number of hydrogen-bond donors (Lipinski definition) is 2. The summed E-state index contributed by atoms with van der Waals surface area (Å²) in [4.78, 5) is 21.2. The average Bonchev–Trinajstić information content (AvgIpc) is 3.12. The summed E-state index contributed by atoms with van der Waals surface area (Å²) < 4.78 is 5.73. The molecule has 1 saturated heterocycles. The standard InChI is InChI=1S/C22H24N4O2/c1-16-20(24-22(28-16)17-8-4-3-5-9-17)21(27)23-18-10-6-7-11-19(18)26-14-12-25(2)13-15-26/h3-11H,12-15H2,1-2H3,(H,23,27)/p+1. The highest BCUT2D eigenvalue weighted by molar-refractivity contribution is 6.05. The van der Waals surface area contributed by atoms with E-state index in [0.29, 0.717) is 17.3 Å². The van der Waals surface area contributed by atoms with Crippen LogP contribution < -0.4 is 15.1 Å². The maximum atomic E-state index is 12.9. The van der Waals surface area contributed by atoms with Crippen molar-refractivity contribution in [1.29, 1.82) is 0 Å². The number of rotatable bonds is 4. The van der Waals surface area contributed by atoms with Gasteiger partial charge in [0.2, 0.25) is 5.89 Å². The lowest BCUT2D eigenvalue weighted by atomic mass is 10.2. The number of carbonyl (C=O) groups excluding carboxylic acids is 1. The second-order valence-corrected chi connectivity index (χ2v) is 7.21. The SMILES string of the molecule is Cc1oc(-c2ccccc2)nc1C(=O)Nc1ccccc1N1CC[NH+](C)CC1. The van der Waals surface area contributed by atoms with Gasteiger partial charge in [0.15, 0.2) is 5.69 Å². The number of quaternary nitrogens is 1. The number of amides is 1.